The van der Waals surface area contributed by atoms with Crippen molar-refractivity contribution in [2.75, 3.05) is 0 Å². The molecule has 72 valence electrons. The third kappa shape index (κ3) is 0.954. The van der Waals surface area contributed by atoms with Crippen molar-refractivity contribution in [2.45, 2.75) is 18.9 Å². The van der Waals surface area contributed by atoms with Crippen LogP contribution in [0.5, 0.6) is 0 Å². The monoisotopic (exact) mass is 206 g/mol. The first-order valence-corrected chi connectivity index (χ1v) is 5.19. The van der Waals surface area contributed by atoms with Gasteiger partial charge in [0.1, 0.15) is 0 Å². The first-order valence-electron chi connectivity index (χ1n) is 4.81. The van der Waals surface area contributed by atoms with Crippen molar-refractivity contribution in [1.29, 1.82) is 0 Å². The summed E-state index contributed by atoms with van der Waals surface area (Å²) in [7, 11) is 0. The molecule has 0 fully saturated rings. The third-order valence-electron chi connectivity index (χ3n) is 3.01. The number of rotatable bonds is 0. The van der Waals surface area contributed by atoms with E-state index in [2.05, 4.69) is 11.2 Å². The van der Waals surface area contributed by atoms with Gasteiger partial charge in [0.25, 0.3) is 0 Å². The van der Waals surface area contributed by atoms with Crippen LogP contribution >= 0.6 is 11.6 Å². The Hall–Kier alpha value is -0.990. The van der Waals surface area contributed by atoms with Crippen LogP contribution in [0.2, 0.25) is 5.02 Å². The first kappa shape index (κ1) is 8.33. The molecule has 1 heterocycles. The Labute approximate surface area is 87.1 Å². The first-order chi connectivity index (χ1) is 6.77. The van der Waals surface area contributed by atoms with Crippen LogP contribution in [0.1, 0.15) is 23.6 Å². The quantitative estimate of drug-likeness (QED) is 0.684. The third-order valence-corrected chi connectivity index (χ3v) is 3.34. The van der Waals surface area contributed by atoms with E-state index in [0.29, 0.717) is 0 Å². The predicted octanol–water partition coefficient (Wildman–Crippen LogP) is 2.77. The van der Waals surface area contributed by atoms with Gasteiger partial charge in [-0.3, -0.25) is 0 Å². The number of benzene rings is 1. The van der Waals surface area contributed by atoms with Gasteiger partial charge >= 0.3 is 0 Å². The van der Waals surface area contributed by atoms with Crippen LogP contribution < -0.4 is 5.73 Å². The molecule has 3 heteroatoms. The Morgan fingerprint density at radius 2 is 2.29 bits per heavy atom. The van der Waals surface area contributed by atoms with Gasteiger partial charge in [0.05, 0.1) is 0 Å². The molecular formula is C11H11ClN2. The van der Waals surface area contributed by atoms with Gasteiger partial charge in [0.15, 0.2) is 0 Å². The highest BCUT2D eigenvalue weighted by Crippen LogP contribution is 2.38. The van der Waals surface area contributed by atoms with Crippen LogP contribution in [-0.4, -0.2) is 4.98 Å². The largest absolute Gasteiger partial charge is 0.361 e. The fourth-order valence-electron chi connectivity index (χ4n) is 2.31. The van der Waals surface area contributed by atoms with Gasteiger partial charge in [-0.15, -0.1) is 0 Å². The van der Waals surface area contributed by atoms with E-state index in [1.807, 2.05) is 12.1 Å². The zero-order valence-corrected chi connectivity index (χ0v) is 8.43. The van der Waals surface area contributed by atoms with Crippen LogP contribution in [-0.2, 0) is 6.42 Å². The molecule has 2 nitrogen and oxygen atoms in total. The molecular weight excluding hydrogens is 196 g/mol. The zero-order chi connectivity index (χ0) is 9.71. The van der Waals surface area contributed by atoms with E-state index in [1.54, 1.807) is 0 Å². The molecule has 14 heavy (non-hydrogen) atoms. The van der Waals surface area contributed by atoms with E-state index in [1.165, 1.54) is 10.9 Å². The SMILES string of the molecule is NC1CCc2c[nH]c3ccc(Cl)c1c23. The highest BCUT2D eigenvalue weighted by molar-refractivity contribution is 6.32. The van der Waals surface area contributed by atoms with Gasteiger partial charge in [0, 0.05) is 28.2 Å². The van der Waals surface area contributed by atoms with Gasteiger partial charge < -0.3 is 10.7 Å². The molecule has 0 saturated carbocycles. The average molecular weight is 207 g/mol. The van der Waals surface area contributed by atoms with Crippen LogP contribution in [0, 0.1) is 0 Å². The maximum absolute atomic E-state index is 6.17. The average Bonchev–Trinajstić information content (AvgIpc) is 2.58. The van der Waals surface area contributed by atoms with Gasteiger partial charge in [0.2, 0.25) is 0 Å². The van der Waals surface area contributed by atoms with Gasteiger partial charge in [-0.25, -0.2) is 0 Å². The number of nitrogens with two attached hydrogens (primary N) is 1. The molecule has 1 atom stereocenters. The lowest BCUT2D eigenvalue weighted by Gasteiger charge is -2.20. The normalized spacial score (nSPS) is 20.3. The summed E-state index contributed by atoms with van der Waals surface area (Å²) in [5, 5.41) is 2.04. The smallest absolute Gasteiger partial charge is 0.0461 e. The number of halogens is 1. The van der Waals surface area contributed by atoms with E-state index in [4.69, 9.17) is 17.3 Å². The topological polar surface area (TPSA) is 41.8 Å². The number of hydrogen-bond acceptors (Lipinski definition) is 1. The van der Waals surface area contributed by atoms with E-state index in [-0.39, 0.29) is 6.04 Å². The van der Waals surface area contributed by atoms with E-state index < -0.39 is 0 Å². The summed E-state index contributed by atoms with van der Waals surface area (Å²) in [6.45, 7) is 0. The minimum atomic E-state index is 0.0921. The summed E-state index contributed by atoms with van der Waals surface area (Å²) in [6, 6.07) is 4.03. The Morgan fingerprint density at radius 3 is 3.14 bits per heavy atom. The van der Waals surface area contributed by atoms with Gasteiger partial charge in [-0.05, 0) is 36.1 Å². The summed E-state index contributed by atoms with van der Waals surface area (Å²) in [5.41, 5.74) is 9.68. The molecule has 3 N–H and O–H groups in total. The maximum Gasteiger partial charge on any atom is 0.0461 e. The number of aryl methyl sites for hydroxylation is 1. The fraction of sp³-hybridized carbons (Fsp3) is 0.273. The molecule has 2 aromatic rings. The van der Waals surface area contributed by atoms with Crippen molar-refractivity contribution in [2.24, 2.45) is 5.73 Å². The molecule has 1 aromatic carbocycles. The van der Waals surface area contributed by atoms with Crippen molar-refractivity contribution < 1.29 is 0 Å². The minimum Gasteiger partial charge on any atom is -0.361 e. The second-order valence-corrected chi connectivity index (χ2v) is 4.25. The van der Waals surface area contributed by atoms with Gasteiger partial charge in [-0.1, -0.05) is 11.6 Å². The fourth-order valence-corrected chi connectivity index (χ4v) is 2.61. The number of nitrogens with one attached hydrogen (secondary N) is 1. The molecule has 0 saturated heterocycles. The summed E-state index contributed by atoms with van der Waals surface area (Å²) >= 11 is 6.17. The number of hydrogen-bond donors (Lipinski definition) is 2. The molecule has 1 aliphatic rings. The minimum absolute atomic E-state index is 0.0921. The molecule has 0 amide bonds. The van der Waals surface area contributed by atoms with Crippen LogP contribution in [0.4, 0.5) is 0 Å². The standard InChI is InChI=1S/C11H11ClN2/c12-7-2-4-9-10-6(5-14-9)1-3-8(13)11(7)10/h2,4-5,8,14H,1,3,13H2. The summed E-state index contributed by atoms with van der Waals surface area (Å²) in [4.78, 5) is 3.25. The highest BCUT2D eigenvalue weighted by Gasteiger charge is 2.22. The van der Waals surface area contributed by atoms with Gasteiger partial charge in [-0.2, -0.15) is 0 Å². The molecule has 0 aliphatic heterocycles. The Balaban J connectivity index is 2.48. The number of H-pyrrole nitrogens is 1. The van der Waals surface area contributed by atoms with Crippen molar-refractivity contribution in [3.63, 3.8) is 0 Å². The molecule has 0 radical (unpaired) electrons. The highest BCUT2D eigenvalue weighted by atomic mass is 35.5. The summed E-state index contributed by atoms with van der Waals surface area (Å²) < 4.78 is 0. The van der Waals surface area contributed by atoms with Crippen molar-refractivity contribution in [1.82, 2.24) is 4.98 Å². The molecule has 1 aliphatic carbocycles. The predicted molar refractivity (Wildman–Crippen MR) is 58.6 cm³/mol. The lowest BCUT2D eigenvalue weighted by molar-refractivity contribution is 0.644. The Bertz CT molecular complexity index is 501. The summed E-state index contributed by atoms with van der Waals surface area (Å²) in [5.74, 6) is 0. The van der Waals surface area contributed by atoms with E-state index in [0.717, 1.165) is 28.9 Å². The molecule has 0 bridgehead atoms. The van der Waals surface area contributed by atoms with Crippen molar-refractivity contribution in [3.8, 4) is 0 Å². The summed E-state index contributed by atoms with van der Waals surface area (Å²) in [6.07, 6.45) is 4.11. The Morgan fingerprint density at radius 1 is 1.43 bits per heavy atom. The zero-order valence-electron chi connectivity index (χ0n) is 7.68. The molecule has 1 aromatic heterocycles. The van der Waals surface area contributed by atoms with Crippen molar-refractivity contribution in [3.05, 3.63) is 34.5 Å². The van der Waals surface area contributed by atoms with Crippen molar-refractivity contribution >= 4 is 22.5 Å². The molecule has 3 rings (SSSR count). The lowest BCUT2D eigenvalue weighted by atomic mass is 9.89. The lowest BCUT2D eigenvalue weighted by Crippen LogP contribution is -2.15. The Kier molecular flexibility index (Phi) is 1.64. The number of aromatic nitrogens is 1. The number of aromatic amines is 1. The van der Waals surface area contributed by atoms with E-state index in [9.17, 15) is 0 Å². The second kappa shape index (κ2) is 2.75. The molecule has 0 spiro atoms. The van der Waals surface area contributed by atoms with E-state index >= 15 is 0 Å². The molecule has 1 unspecified atom stereocenters. The van der Waals surface area contributed by atoms with Crippen LogP contribution in [0.15, 0.2) is 18.3 Å². The van der Waals surface area contributed by atoms with Crippen LogP contribution in [0.3, 0.4) is 0 Å². The second-order valence-electron chi connectivity index (χ2n) is 3.84. The maximum atomic E-state index is 6.17. The van der Waals surface area contributed by atoms with Crippen LogP contribution in [0.25, 0.3) is 10.9 Å².